The van der Waals surface area contributed by atoms with E-state index in [1.54, 1.807) is 0 Å². The molecule has 0 bridgehead atoms. The summed E-state index contributed by atoms with van der Waals surface area (Å²) in [5.41, 5.74) is 5.98. The van der Waals surface area contributed by atoms with Crippen LogP contribution < -0.4 is 4.74 Å². The summed E-state index contributed by atoms with van der Waals surface area (Å²) in [5, 5.41) is 7.47. The predicted octanol–water partition coefficient (Wildman–Crippen LogP) is 6.50. The van der Waals surface area contributed by atoms with Gasteiger partial charge in [0.25, 0.3) is 0 Å². The first-order valence-corrected chi connectivity index (χ1v) is 11.8. The van der Waals surface area contributed by atoms with E-state index in [0.717, 1.165) is 30.1 Å². The molecule has 1 aliphatic heterocycles. The van der Waals surface area contributed by atoms with Crippen LogP contribution in [-0.4, -0.2) is 21.0 Å². The van der Waals surface area contributed by atoms with E-state index < -0.39 is 0 Å². The molecule has 4 nitrogen and oxygen atoms in total. The van der Waals surface area contributed by atoms with E-state index in [9.17, 15) is 0 Å². The van der Waals surface area contributed by atoms with Crippen LogP contribution in [0.3, 0.4) is 0 Å². The summed E-state index contributed by atoms with van der Waals surface area (Å²) in [6.45, 7) is 1.76. The summed E-state index contributed by atoms with van der Waals surface area (Å²) in [4.78, 5) is 0. The highest BCUT2D eigenvalue weighted by Gasteiger charge is 2.27. The molecule has 1 aliphatic carbocycles. The maximum absolute atomic E-state index is 5.92. The summed E-state index contributed by atoms with van der Waals surface area (Å²) in [5.74, 6) is 2.90. The van der Waals surface area contributed by atoms with Crippen LogP contribution in [0.2, 0.25) is 0 Å². The van der Waals surface area contributed by atoms with Gasteiger partial charge in [-0.2, -0.15) is 5.10 Å². The molecule has 33 heavy (non-hydrogen) atoms. The number of fused-ring (bicyclic) bond motifs is 1. The van der Waals surface area contributed by atoms with Crippen molar-refractivity contribution in [3.63, 3.8) is 0 Å². The molecule has 2 aliphatic rings. The Labute approximate surface area is 192 Å². The molecule has 4 heteroatoms. The fourth-order valence-electron chi connectivity index (χ4n) is 5.03. The van der Waals surface area contributed by atoms with Crippen molar-refractivity contribution in [1.29, 1.82) is 0 Å². The Balaban J connectivity index is 1.37. The van der Waals surface area contributed by atoms with Gasteiger partial charge in [-0.25, -0.2) is 4.68 Å². The summed E-state index contributed by atoms with van der Waals surface area (Å²) in [6.07, 6.45) is 7.90. The number of aromatic nitrogens is 3. The number of hydrogen-bond donors (Lipinski definition) is 0. The molecule has 7 rings (SSSR count). The molecule has 0 saturated heterocycles. The lowest BCUT2D eigenvalue weighted by Crippen LogP contribution is -2.14. The Morgan fingerprint density at radius 3 is 2.67 bits per heavy atom. The molecule has 0 amide bonds. The van der Waals surface area contributed by atoms with Gasteiger partial charge < -0.3 is 9.30 Å². The van der Waals surface area contributed by atoms with Crippen molar-refractivity contribution in [3.8, 4) is 11.6 Å². The quantitative estimate of drug-likeness (QED) is 0.298. The van der Waals surface area contributed by atoms with E-state index in [2.05, 4.69) is 88.1 Å². The third kappa shape index (κ3) is 3.25. The summed E-state index contributed by atoms with van der Waals surface area (Å²) in [6, 6.07) is 25.8. The van der Waals surface area contributed by atoms with E-state index in [1.165, 1.54) is 51.8 Å². The summed E-state index contributed by atoms with van der Waals surface area (Å²) >= 11 is 0. The van der Waals surface area contributed by atoms with Crippen LogP contribution in [0.5, 0.6) is 5.75 Å². The number of nitrogens with zero attached hydrogens (tertiary/aromatic N) is 3. The predicted molar refractivity (Wildman–Crippen MR) is 134 cm³/mol. The van der Waals surface area contributed by atoms with Crippen LogP contribution >= 0.6 is 0 Å². The van der Waals surface area contributed by atoms with Crippen molar-refractivity contribution in [2.45, 2.75) is 25.8 Å². The highest BCUT2D eigenvalue weighted by molar-refractivity contribution is 5.90. The van der Waals surface area contributed by atoms with Crippen LogP contribution in [0.1, 0.15) is 29.7 Å². The Bertz CT molecular complexity index is 1520. The molecule has 162 valence electrons. The zero-order valence-electron chi connectivity index (χ0n) is 18.4. The van der Waals surface area contributed by atoms with E-state index >= 15 is 0 Å². The molecular weight excluding hydrogens is 406 g/mol. The summed E-state index contributed by atoms with van der Waals surface area (Å²) in [7, 11) is 0. The van der Waals surface area contributed by atoms with Gasteiger partial charge in [0.1, 0.15) is 11.6 Å². The van der Waals surface area contributed by atoms with Crippen LogP contribution in [0.15, 0.2) is 72.8 Å². The minimum Gasteiger partial charge on any atom is -0.492 e. The minimum absolute atomic E-state index is 0.703. The molecule has 3 heterocycles. The minimum atomic E-state index is 0.703. The maximum Gasteiger partial charge on any atom is 0.135 e. The second-order valence-corrected chi connectivity index (χ2v) is 9.23. The summed E-state index contributed by atoms with van der Waals surface area (Å²) < 4.78 is 10.6. The zero-order chi connectivity index (χ0) is 21.8. The normalized spacial score (nSPS) is 15.5. The molecule has 3 aromatic carbocycles. The average Bonchev–Trinajstić information content (AvgIpc) is 3.51. The molecule has 0 radical (unpaired) electrons. The lowest BCUT2D eigenvalue weighted by atomic mass is 10.1. The van der Waals surface area contributed by atoms with Gasteiger partial charge in [-0.15, -0.1) is 0 Å². The van der Waals surface area contributed by atoms with E-state index in [1.807, 2.05) is 6.07 Å². The van der Waals surface area contributed by atoms with Gasteiger partial charge in [0, 0.05) is 23.9 Å². The first-order valence-electron chi connectivity index (χ1n) is 11.8. The van der Waals surface area contributed by atoms with Gasteiger partial charge >= 0.3 is 0 Å². The number of rotatable bonds is 5. The van der Waals surface area contributed by atoms with Gasteiger partial charge in [-0.3, -0.25) is 0 Å². The fourth-order valence-corrected chi connectivity index (χ4v) is 5.03. The van der Waals surface area contributed by atoms with Crippen LogP contribution in [0.4, 0.5) is 0 Å². The molecule has 5 aromatic rings. The smallest absolute Gasteiger partial charge is 0.135 e. The van der Waals surface area contributed by atoms with Crippen molar-refractivity contribution < 1.29 is 4.74 Å². The zero-order valence-corrected chi connectivity index (χ0v) is 18.4. The first-order chi connectivity index (χ1) is 16.3. The molecule has 0 atom stereocenters. The van der Waals surface area contributed by atoms with Gasteiger partial charge in [0.05, 0.1) is 23.2 Å². The second kappa shape index (κ2) is 7.38. The number of hydrogen-bond acceptors (Lipinski definition) is 2. The number of benzene rings is 3. The molecule has 0 N–H and O–H groups in total. The van der Waals surface area contributed by atoms with Crippen molar-refractivity contribution in [2.24, 2.45) is 5.92 Å². The first kappa shape index (κ1) is 18.8. The topological polar surface area (TPSA) is 32.0 Å². The van der Waals surface area contributed by atoms with Crippen LogP contribution in [0.25, 0.3) is 39.8 Å². The molecule has 1 fully saturated rings. The molecule has 2 aromatic heterocycles. The Kier molecular flexibility index (Phi) is 4.19. The van der Waals surface area contributed by atoms with Gasteiger partial charge in [0.15, 0.2) is 0 Å². The largest absolute Gasteiger partial charge is 0.492 e. The Morgan fingerprint density at radius 2 is 1.79 bits per heavy atom. The second-order valence-electron chi connectivity index (χ2n) is 9.23. The van der Waals surface area contributed by atoms with Crippen LogP contribution in [0, 0.1) is 5.92 Å². The van der Waals surface area contributed by atoms with Gasteiger partial charge in [-0.05, 0) is 60.2 Å². The molecule has 0 unspecified atom stereocenters. The average molecular weight is 432 g/mol. The maximum atomic E-state index is 5.92. The Hall–Kier alpha value is -3.79. The van der Waals surface area contributed by atoms with E-state index in [4.69, 9.17) is 9.84 Å². The van der Waals surface area contributed by atoms with Gasteiger partial charge in [0.2, 0.25) is 0 Å². The van der Waals surface area contributed by atoms with E-state index in [0.29, 0.717) is 6.61 Å². The third-order valence-electron chi connectivity index (χ3n) is 6.88. The third-order valence-corrected chi connectivity index (χ3v) is 6.88. The van der Waals surface area contributed by atoms with E-state index in [-0.39, 0.29) is 0 Å². The van der Waals surface area contributed by atoms with Crippen molar-refractivity contribution in [1.82, 2.24) is 14.3 Å². The monoisotopic (exact) mass is 431 g/mol. The molecular formula is C29H25N3O. The SMILES string of the molecule is C(=Cc1ccc2c(c1)cc(-n1nc3cccc4c3c1CCO4)n2CC1CC1)c1ccccc1. The standard InChI is InChI=1S/C29H25N3O/c1-2-5-20(6-3-1)9-10-21-13-14-25-23(17-21)18-28(31(25)19-22-11-12-22)32-26-15-16-33-27-8-4-7-24(30-32)29(26)27/h1-10,13-14,17-18,22H,11-12,15-16,19H2. The molecule has 1 saturated carbocycles. The number of ether oxygens (including phenoxy) is 1. The lowest BCUT2D eigenvalue weighted by molar-refractivity contribution is 0.315. The lowest BCUT2D eigenvalue weighted by Gasteiger charge is -2.16. The van der Waals surface area contributed by atoms with Gasteiger partial charge in [-0.1, -0.05) is 54.6 Å². The highest BCUT2D eigenvalue weighted by Crippen LogP contribution is 2.37. The molecule has 0 spiro atoms. The highest BCUT2D eigenvalue weighted by atomic mass is 16.5. The fraction of sp³-hybridized carbons (Fsp3) is 0.207. The van der Waals surface area contributed by atoms with Crippen molar-refractivity contribution in [2.75, 3.05) is 6.61 Å². The van der Waals surface area contributed by atoms with Crippen LogP contribution in [-0.2, 0) is 13.0 Å². The van der Waals surface area contributed by atoms with Crippen molar-refractivity contribution >= 4 is 34.0 Å². The van der Waals surface area contributed by atoms with Crippen molar-refractivity contribution in [3.05, 3.63) is 89.6 Å². The Morgan fingerprint density at radius 1 is 0.909 bits per heavy atom.